The van der Waals surface area contributed by atoms with Crippen LogP contribution in [0.4, 0.5) is 5.82 Å². The number of carbonyl (C=O) groups excluding carboxylic acids is 2. The first-order valence-electron chi connectivity index (χ1n) is 13.1. The predicted octanol–water partition coefficient (Wildman–Crippen LogP) is 4.27. The molecular formula is C30H34N4O4. The molecule has 5 rings (SSSR count). The van der Waals surface area contributed by atoms with Crippen molar-refractivity contribution in [1.29, 1.82) is 0 Å². The maximum atomic E-state index is 13.0. The average molecular weight is 515 g/mol. The Morgan fingerprint density at radius 2 is 1.63 bits per heavy atom. The van der Waals surface area contributed by atoms with Crippen LogP contribution in [0.5, 0.6) is 11.5 Å². The largest absolute Gasteiger partial charge is 0.496 e. The zero-order chi connectivity index (χ0) is 26.6. The summed E-state index contributed by atoms with van der Waals surface area (Å²) in [5.41, 5.74) is 2.94. The number of ether oxygens (including phenoxy) is 2. The maximum Gasteiger partial charge on any atom is 0.253 e. The number of hydrogen-bond donors (Lipinski definition) is 2. The van der Waals surface area contributed by atoms with Crippen molar-refractivity contribution in [3.63, 3.8) is 0 Å². The molecule has 0 radical (unpaired) electrons. The number of fused-ring (bicyclic) bond motifs is 2. The summed E-state index contributed by atoms with van der Waals surface area (Å²) in [7, 11) is 3.24. The molecule has 0 spiro atoms. The Balaban J connectivity index is 1.20. The highest BCUT2D eigenvalue weighted by Crippen LogP contribution is 2.38. The maximum absolute atomic E-state index is 13.0. The van der Waals surface area contributed by atoms with Gasteiger partial charge in [0.1, 0.15) is 17.3 Å². The summed E-state index contributed by atoms with van der Waals surface area (Å²) in [4.78, 5) is 32.8. The van der Waals surface area contributed by atoms with Gasteiger partial charge < -0.3 is 25.0 Å². The van der Waals surface area contributed by atoms with Gasteiger partial charge in [-0.05, 0) is 62.9 Å². The van der Waals surface area contributed by atoms with E-state index in [1.807, 2.05) is 61.5 Å². The standard InChI is InChI=1S/C30H34N4O4/c1-19-25(8-6-10-26(19)37-2)30(36)33-22-15-23-12-13-24(16-22)34(23)28-14-11-21(18-31-28)29(35)32-17-20-7-4-5-9-27(20)38-3/h4-11,14,18,22-24H,12-13,15-17H2,1-3H3,(H,32,35)(H,33,36)/t22?,23-,24+. The number of piperidine rings is 1. The number of aromatic nitrogens is 1. The smallest absolute Gasteiger partial charge is 0.253 e. The number of carbonyl (C=O) groups is 2. The van der Waals surface area contributed by atoms with E-state index in [9.17, 15) is 9.59 Å². The molecule has 3 atom stereocenters. The normalized spacial score (nSPS) is 20.1. The first kappa shape index (κ1) is 25.6. The number of nitrogens with one attached hydrogen (secondary N) is 2. The zero-order valence-electron chi connectivity index (χ0n) is 22.1. The highest BCUT2D eigenvalue weighted by atomic mass is 16.5. The van der Waals surface area contributed by atoms with Gasteiger partial charge in [-0.1, -0.05) is 24.3 Å². The minimum absolute atomic E-state index is 0.0548. The summed E-state index contributed by atoms with van der Waals surface area (Å²) < 4.78 is 10.7. The van der Waals surface area contributed by atoms with Crippen LogP contribution in [0.2, 0.25) is 0 Å². The third kappa shape index (κ3) is 5.16. The van der Waals surface area contributed by atoms with E-state index in [0.29, 0.717) is 29.8 Å². The van der Waals surface area contributed by atoms with Gasteiger partial charge in [-0.25, -0.2) is 4.98 Å². The fourth-order valence-electron chi connectivity index (χ4n) is 5.81. The number of amides is 2. The van der Waals surface area contributed by atoms with Crippen LogP contribution in [0.3, 0.4) is 0 Å². The molecule has 8 nitrogen and oxygen atoms in total. The molecule has 2 aliphatic rings. The SMILES string of the molecule is COc1ccccc1CNC(=O)c1ccc(N2[C@@H]3CC[C@H]2CC(NC(=O)c2cccc(OC)c2C)C3)nc1. The second-order valence-electron chi connectivity index (χ2n) is 9.97. The van der Waals surface area contributed by atoms with Crippen molar-refractivity contribution in [2.24, 2.45) is 0 Å². The second-order valence-corrected chi connectivity index (χ2v) is 9.97. The summed E-state index contributed by atoms with van der Waals surface area (Å²) in [5, 5.41) is 6.20. The van der Waals surface area contributed by atoms with Crippen LogP contribution in [0.25, 0.3) is 0 Å². The van der Waals surface area contributed by atoms with Gasteiger partial charge in [0.05, 0.1) is 19.8 Å². The lowest BCUT2D eigenvalue weighted by molar-refractivity contribution is 0.0923. The van der Waals surface area contributed by atoms with Crippen molar-refractivity contribution in [3.05, 3.63) is 83.0 Å². The number of hydrogen-bond acceptors (Lipinski definition) is 6. The molecule has 2 fully saturated rings. The van der Waals surface area contributed by atoms with Crippen molar-refractivity contribution in [2.45, 2.75) is 57.3 Å². The zero-order valence-corrected chi connectivity index (χ0v) is 22.1. The number of nitrogens with zero attached hydrogens (tertiary/aromatic N) is 2. The Hall–Kier alpha value is -4.07. The number of anilines is 1. The van der Waals surface area contributed by atoms with Gasteiger partial charge in [0.2, 0.25) is 0 Å². The number of rotatable bonds is 8. The fourth-order valence-corrected chi connectivity index (χ4v) is 5.81. The molecule has 2 aliphatic heterocycles. The van der Waals surface area contributed by atoms with E-state index in [4.69, 9.17) is 9.47 Å². The van der Waals surface area contributed by atoms with Crippen LogP contribution in [0.15, 0.2) is 60.8 Å². The lowest BCUT2D eigenvalue weighted by Gasteiger charge is -2.40. The van der Waals surface area contributed by atoms with Crippen LogP contribution in [-0.4, -0.2) is 49.1 Å². The second kappa shape index (κ2) is 11.1. The van der Waals surface area contributed by atoms with E-state index < -0.39 is 0 Å². The van der Waals surface area contributed by atoms with E-state index >= 15 is 0 Å². The molecule has 2 aromatic carbocycles. The lowest BCUT2D eigenvalue weighted by atomic mass is 9.96. The highest BCUT2D eigenvalue weighted by Gasteiger charge is 2.42. The minimum Gasteiger partial charge on any atom is -0.496 e. The van der Waals surface area contributed by atoms with Crippen molar-refractivity contribution in [2.75, 3.05) is 19.1 Å². The summed E-state index contributed by atoms with van der Waals surface area (Å²) in [6, 6.07) is 17.7. The monoisotopic (exact) mass is 514 g/mol. The Morgan fingerprint density at radius 3 is 2.32 bits per heavy atom. The lowest BCUT2D eigenvalue weighted by Crippen LogP contribution is -2.50. The van der Waals surface area contributed by atoms with E-state index in [-0.39, 0.29) is 17.9 Å². The Morgan fingerprint density at radius 1 is 0.921 bits per heavy atom. The van der Waals surface area contributed by atoms with Crippen LogP contribution < -0.4 is 25.0 Å². The van der Waals surface area contributed by atoms with E-state index in [2.05, 4.69) is 20.5 Å². The van der Waals surface area contributed by atoms with E-state index in [1.165, 1.54) is 0 Å². The molecule has 3 heterocycles. The Labute approximate surface area is 223 Å². The number of benzene rings is 2. The molecule has 3 aromatic rings. The van der Waals surface area contributed by atoms with Gasteiger partial charge >= 0.3 is 0 Å². The molecule has 1 unspecified atom stereocenters. The first-order chi connectivity index (χ1) is 18.5. The molecule has 0 aliphatic carbocycles. The summed E-state index contributed by atoms with van der Waals surface area (Å²) in [6.07, 6.45) is 5.52. The van der Waals surface area contributed by atoms with Gasteiger partial charge in [0, 0.05) is 47.6 Å². The highest BCUT2D eigenvalue weighted by molar-refractivity contribution is 5.96. The average Bonchev–Trinajstić information content (AvgIpc) is 3.21. The van der Waals surface area contributed by atoms with Gasteiger partial charge in [0.15, 0.2) is 0 Å². The van der Waals surface area contributed by atoms with Crippen molar-refractivity contribution >= 4 is 17.6 Å². The van der Waals surface area contributed by atoms with Gasteiger partial charge in [0.25, 0.3) is 11.8 Å². The summed E-state index contributed by atoms with van der Waals surface area (Å²) >= 11 is 0. The molecule has 2 N–H and O–H groups in total. The van der Waals surface area contributed by atoms with E-state index in [1.54, 1.807) is 20.4 Å². The molecule has 2 saturated heterocycles. The van der Waals surface area contributed by atoms with Gasteiger partial charge in [-0.15, -0.1) is 0 Å². The van der Waals surface area contributed by atoms with Crippen LogP contribution >= 0.6 is 0 Å². The third-order valence-electron chi connectivity index (χ3n) is 7.72. The summed E-state index contributed by atoms with van der Waals surface area (Å²) in [6.45, 7) is 2.29. The first-order valence-corrected chi connectivity index (χ1v) is 13.1. The van der Waals surface area contributed by atoms with Crippen LogP contribution in [0.1, 0.15) is 57.5 Å². The quantitative estimate of drug-likeness (QED) is 0.467. The van der Waals surface area contributed by atoms with Crippen molar-refractivity contribution < 1.29 is 19.1 Å². The van der Waals surface area contributed by atoms with Gasteiger partial charge in [-0.3, -0.25) is 9.59 Å². The molecule has 2 bridgehead atoms. The number of para-hydroxylation sites is 1. The summed E-state index contributed by atoms with van der Waals surface area (Å²) in [5.74, 6) is 2.12. The fraction of sp³-hybridized carbons (Fsp3) is 0.367. The van der Waals surface area contributed by atoms with Crippen molar-refractivity contribution in [1.82, 2.24) is 15.6 Å². The predicted molar refractivity (Wildman–Crippen MR) is 146 cm³/mol. The number of methoxy groups -OCH3 is 2. The van der Waals surface area contributed by atoms with Gasteiger partial charge in [-0.2, -0.15) is 0 Å². The Bertz CT molecular complexity index is 1300. The third-order valence-corrected chi connectivity index (χ3v) is 7.72. The Kier molecular flexibility index (Phi) is 7.49. The molecule has 0 saturated carbocycles. The van der Waals surface area contributed by atoms with Crippen LogP contribution in [-0.2, 0) is 6.54 Å². The van der Waals surface area contributed by atoms with Crippen LogP contribution in [0, 0.1) is 6.92 Å². The van der Waals surface area contributed by atoms with Crippen molar-refractivity contribution in [3.8, 4) is 11.5 Å². The molecule has 198 valence electrons. The molecule has 38 heavy (non-hydrogen) atoms. The van der Waals surface area contributed by atoms with E-state index in [0.717, 1.165) is 54.1 Å². The molecule has 2 amide bonds. The topological polar surface area (TPSA) is 92.8 Å². The minimum atomic E-state index is -0.174. The molecular weight excluding hydrogens is 480 g/mol. The molecule has 1 aromatic heterocycles. The number of pyridine rings is 1. The molecule has 8 heteroatoms.